The molecule has 0 amide bonds. The first-order valence-corrected chi connectivity index (χ1v) is 7.53. The molecule has 0 fully saturated rings. The highest BCUT2D eigenvalue weighted by molar-refractivity contribution is 7.89. The van der Waals surface area contributed by atoms with Gasteiger partial charge in [0.25, 0.3) is 0 Å². The fourth-order valence-electron chi connectivity index (χ4n) is 1.61. The second-order valence-electron chi connectivity index (χ2n) is 4.26. The first-order valence-electron chi connectivity index (χ1n) is 6.05. The van der Waals surface area contributed by atoms with Crippen LogP contribution < -0.4 is 10.5 Å². The topological polar surface area (TPSA) is 90.7 Å². The van der Waals surface area contributed by atoms with Crippen LogP contribution in [0.4, 0.5) is 8.78 Å². The maximum absolute atomic E-state index is 13.7. The lowest BCUT2D eigenvalue weighted by molar-refractivity contribution is 0.0320. The summed E-state index contributed by atoms with van der Waals surface area (Å²) in [5.41, 5.74) is 5.50. The highest BCUT2D eigenvalue weighted by Gasteiger charge is 2.23. The van der Waals surface area contributed by atoms with Crippen molar-refractivity contribution in [2.45, 2.75) is 17.5 Å². The van der Waals surface area contributed by atoms with E-state index in [1.54, 1.807) is 0 Å². The molecule has 1 atom stereocenters. The summed E-state index contributed by atoms with van der Waals surface area (Å²) < 4.78 is 63.1. The second-order valence-corrected chi connectivity index (χ2v) is 5.99. The molecule has 0 spiro atoms. The lowest BCUT2D eigenvalue weighted by atomic mass is 10.2. The summed E-state index contributed by atoms with van der Waals surface area (Å²) in [6.45, 7) is -0.0939. The van der Waals surface area contributed by atoms with Gasteiger partial charge in [-0.05, 0) is 17.7 Å². The molecule has 1 unspecified atom stereocenters. The van der Waals surface area contributed by atoms with Gasteiger partial charge < -0.3 is 15.2 Å². The number of methoxy groups -OCH3 is 2. The first-order chi connectivity index (χ1) is 9.85. The van der Waals surface area contributed by atoms with E-state index < -0.39 is 32.7 Å². The van der Waals surface area contributed by atoms with Crippen LogP contribution >= 0.6 is 0 Å². The Hall–Kier alpha value is -1.13. The number of nitrogens with one attached hydrogen (secondary N) is 1. The number of nitrogens with two attached hydrogens (primary N) is 1. The van der Waals surface area contributed by atoms with Crippen LogP contribution in [0.2, 0.25) is 0 Å². The Morgan fingerprint density at radius 2 is 2.00 bits per heavy atom. The monoisotopic (exact) mass is 324 g/mol. The summed E-state index contributed by atoms with van der Waals surface area (Å²) in [7, 11) is -1.41. The van der Waals surface area contributed by atoms with Crippen molar-refractivity contribution >= 4 is 10.0 Å². The van der Waals surface area contributed by atoms with Gasteiger partial charge in [-0.15, -0.1) is 0 Å². The molecule has 0 saturated carbocycles. The molecular weight excluding hydrogens is 306 g/mol. The Kier molecular flexibility index (Phi) is 6.62. The molecule has 21 heavy (non-hydrogen) atoms. The van der Waals surface area contributed by atoms with Gasteiger partial charge in [0.2, 0.25) is 10.0 Å². The van der Waals surface area contributed by atoms with Crippen molar-refractivity contribution < 1.29 is 26.7 Å². The minimum atomic E-state index is -4.23. The Bertz CT molecular complexity index is 581. The molecule has 0 radical (unpaired) electrons. The molecule has 9 heteroatoms. The summed E-state index contributed by atoms with van der Waals surface area (Å²) in [6.07, 6.45) is -0.546. The molecule has 3 N–H and O–H groups in total. The predicted molar refractivity (Wildman–Crippen MR) is 72.1 cm³/mol. The van der Waals surface area contributed by atoms with Crippen LogP contribution in [0.3, 0.4) is 0 Å². The molecule has 0 aliphatic heterocycles. The Balaban J connectivity index is 3.00. The molecule has 0 bridgehead atoms. The highest BCUT2D eigenvalue weighted by atomic mass is 32.2. The van der Waals surface area contributed by atoms with E-state index in [0.717, 1.165) is 12.1 Å². The van der Waals surface area contributed by atoms with E-state index in [1.807, 2.05) is 0 Å². The van der Waals surface area contributed by atoms with E-state index in [0.29, 0.717) is 0 Å². The quantitative estimate of drug-likeness (QED) is 0.721. The van der Waals surface area contributed by atoms with Gasteiger partial charge in [0.1, 0.15) is 4.90 Å². The van der Waals surface area contributed by atoms with Gasteiger partial charge in [-0.1, -0.05) is 0 Å². The van der Waals surface area contributed by atoms with Crippen LogP contribution in [-0.2, 0) is 26.0 Å². The molecule has 120 valence electrons. The van der Waals surface area contributed by atoms with Crippen LogP contribution in [0.1, 0.15) is 5.56 Å². The van der Waals surface area contributed by atoms with E-state index in [9.17, 15) is 17.2 Å². The Morgan fingerprint density at radius 3 is 2.52 bits per heavy atom. The highest BCUT2D eigenvalue weighted by Crippen LogP contribution is 2.19. The standard InChI is InChI=1S/C12H18F2N2O4S/c1-19-7-9(20-2)6-16-21(17,18)11-4-8(5-15)3-10(13)12(11)14/h3-4,9,16H,5-7,15H2,1-2H3. The van der Waals surface area contributed by atoms with Gasteiger partial charge in [0, 0.05) is 27.3 Å². The molecule has 0 aromatic heterocycles. The predicted octanol–water partition coefficient (Wildman–Crippen LogP) is 0.363. The maximum atomic E-state index is 13.7. The summed E-state index contributed by atoms with van der Waals surface area (Å²) in [4.78, 5) is -0.782. The van der Waals surface area contributed by atoms with Crippen molar-refractivity contribution in [2.75, 3.05) is 27.4 Å². The SMILES string of the molecule is COCC(CNS(=O)(=O)c1cc(CN)cc(F)c1F)OC. The van der Waals surface area contributed by atoms with E-state index in [-0.39, 0.29) is 25.3 Å². The van der Waals surface area contributed by atoms with Crippen molar-refractivity contribution in [3.8, 4) is 0 Å². The molecular formula is C12H18F2N2O4S. The lowest BCUT2D eigenvalue weighted by Gasteiger charge is -2.15. The molecule has 1 rings (SSSR count). The third-order valence-corrected chi connectivity index (χ3v) is 4.19. The third-order valence-electron chi connectivity index (χ3n) is 2.77. The van der Waals surface area contributed by atoms with Crippen LogP contribution in [0, 0.1) is 11.6 Å². The van der Waals surface area contributed by atoms with E-state index in [2.05, 4.69) is 4.72 Å². The number of sulfonamides is 1. The maximum Gasteiger partial charge on any atom is 0.243 e. The number of rotatable bonds is 8. The number of hydrogen-bond donors (Lipinski definition) is 2. The lowest BCUT2D eigenvalue weighted by Crippen LogP contribution is -2.36. The van der Waals surface area contributed by atoms with Crippen LogP contribution in [0.5, 0.6) is 0 Å². The van der Waals surface area contributed by atoms with Crippen molar-refractivity contribution in [1.82, 2.24) is 4.72 Å². The fraction of sp³-hybridized carbons (Fsp3) is 0.500. The van der Waals surface area contributed by atoms with Crippen LogP contribution in [0.25, 0.3) is 0 Å². The third kappa shape index (κ3) is 4.68. The van der Waals surface area contributed by atoms with Gasteiger partial charge in [0.05, 0.1) is 12.7 Å². The van der Waals surface area contributed by atoms with Gasteiger partial charge in [0.15, 0.2) is 11.6 Å². The van der Waals surface area contributed by atoms with E-state index in [1.165, 1.54) is 14.2 Å². The van der Waals surface area contributed by atoms with E-state index in [4.69, 9.17) is 15.2 Å². The van der Waals surface area contributed by atoms with Gasteiger partial charge in [-0.25, -0.2) is 21.9 Å². The summed E-state index contributed by atoms with van der Waals surface area (Å²) in [5, 5.41) is 0. The first kappa shape index (κ1) is 17.9. The summed E-state index contributed by atoms with van der Waals surface area (Å²) in [5.74, 6) is -2.71. The number of hydrogen-bond acceptors (Lipinski definition) is 5. The van der Waals surface area contributed by atoms with E-state index >= 15 is 0 Å². The van der Waals surface area contributed by atoms with Gasteiger partial charge in [-0.3, -0.25) is 0 Å². The summed E-state index contributed by atoms with van der Waals surface area (Å²) >= 11 is 0. The number of halogens is 2. The van der Waals surface area contributed by atoms with Crippen molar-refractivity contribution in [3.63, 3.8) is 0 Å². The number of ether oxygens (including phenoxy) is 2. The second kappa shape index (κ2) is 7.76. The molecule has 1 aromatic rings. The molecule has 6 nitrogen and oxygen atoms in total. The zero-order valence-electron chi connectivity index (χ0n) is 11.7. The average Bonchev–Trinajstić information content (AvgIpc) is 2.45. The molecule has 1 aromatic carbocycles. The van der Waals surface area contributed by atoms with Crippen molar-refractivity contribution in [1.29, 1.82) is 0 Å². The molecule has 0 heterocycles. The van der Waals surface area contributed by atoms with Crippen molar-refractivity contribution in [2.24, 2.45) is 5.73 Å². The smallest absolute Gasteiger partial charge is 0.243 e. The van der Waals surface area contributed by atoms with Crippen molar-refractivity contribution in [3.05, 3.63) is 29.3 Å². The number of benzene rings is 1. The Morgan fingerprint density at radius 1 is 1.33 bits per heavy atom. The average molecular weight is 324 g/mol. The normalized spacial score (nSPS) is 13.4. The fourth-order valence-corrected chi connectivity index (χ4v) is 2.81. The summed E-state index contributed by atoms with van der Waals surface area (Å²) in [6, 6.07) is 1.86. The Labute approximate surface area is 122 Å². The zero-order chi connectivity index (χ0) is 16.0. The minimum Gasteiger partial charge on any atom is -0.382 e. The molecule has 0 saturated heterocycles. The molecule has 0 aliphatic rings. The van der Waals surface area contributed by atoms with Gasteiger partial charge in [-0.2, -0.15) is 0 Å². The molecule has 0 aliphatic carbocycles. The zero-order valence-corrected chi connectivity index (χ0v) is 12.5. The van der Waals surface area contributed by atoms with Gasteiger partial charge >= 0.3 is 0 Å². The van der Waals surface area contributed by atoms with Crippen LogP contribution in [-0.4, -0.2) is 41.9 Å². The largest absolute Gasteiger partial charge is 0.382 e. The van der Waals surface area contributed by atoms with Crippen LogP contribution in [0.15, 0.2) is 17.0 Å². The minimum absolute atomic E-state index is 0.107.